The monoisotopic (exact) mass is 499 g/mol. The van der Waals surface area contributed by atoms with Crippen molar-refractivity contribution in [3.05, 3.63) is 59.7 Å². The summed E-state index contributed by atoms with van der Waals surface area (Å²) < 4.78 is 5.67. The molecule has 2 saturated heterocycles. The molecule has 3 atom stereocenters. The van der Waals surface area contributed by atoms with Crippen LogP contribution in [0.5, 0.6) is 5.75 Å². The van der Waals surface area contributed by atoms with E-state index in [0.717, 1.165) is 60.3 Å². The van der Waals surface area contributed by atoms with Crippen LogP contribution in [0, 0.1) is 0 Å². The number of benzene rings is 2. The number of aromatic nitrogens is 1. The van der Waals surface area contributed by atoms with Gasteiger partial charge in [0.25, 0.3) is 0 Å². The van der Waals surface area contributed by atoms with Crippen LogP contribution >= 0.6 is 0 Å². The number of anilines is 2. The Labute approximate surface area is 219 Å². The van der Waals surface area contributed by atoms with Gasteiger partial charge in [0.15, 0.2) is 0 Å². The Morgan fingerprint density at radius 2 is 1.86 bits per heavy atom. The predicted molar refractivity (Wildman–Crippen MR) is 148 cm³/mol. The van der Waals surface area contributed by atoms with Gasteiger partial charge in [0.05, 0.1) is 18.7 Å². The van der Waals surface area contributed by atoms with Gasteiger partial charge in [-0.05, 0) is 94.0 Å². The van der Waals surface area contributed by atoms with Crippen molar-refractivity contribution >= 4 is 28.4 Å². The second-order valence-corrected chi connectivity index (χ2v) is 10.9. The molecule has 2 fully saturated rings. The summed E-state index contributed by atoms with van der Waals surface area (Å²) in [4.78, 5) is 20.2. The fourth-order valence-corrected chi connectivity index (χ4v) is 6.71. The SMILES string of the molecule is COc1cccc2c1C(Nc1ccc3cc(NC(=O)NC4CC5CCCC(C4)N5C)ccc3n1)CCC2. The number of ether oxygens (including phenoxy) is 1. The summed E-state index contributed by atoms with van der Waals surface area (Å²) >= 11 is 0. The fraction of sp³-hybridized carbons (Fsp3) is 0.467. The third-order valence-corrected chi connectivity index (χ3v) is 8.61. The van der Waals surface area contributed by atoms with E-state index in [2.05, 4.69) is 46.1 Å². The first-order valence-corrected chi connectivity index (χ1v) is 13.7. The Kier molecular flexibility index (Phi) is 6.63. The molecular weight excluding hydrogens is 462 g/mol. The van der Waals surface area contributed by atoms with Gasteiger partial charge >= 0.3 is 6.03 Å². The number of piperidine rings is 2. The maximum atomic E-state index is 12.8. The lowest BCUT2D eigenvalue weighted by molar-refractivity contribution is 0.0513. The van der Waals surface area contributed by atoms with Crippen LogP contribution in [0.4, 0.5) is 16.3 Å². The normalized spacial score (nSPS) is 25.2. The van der Waals surface area contributed by atoms with Crippen molar-refractivity contribution in [3.8, 4) is 5.75 Å². The van der Waals surface area contributed by atoms with Crippen LogP contribution in [-0.2, 0) is 6.42 Å². The van der Waals surface area contributed by atoms with E-state index < -0.39 is 0 Å². The van der Waals surface area contributed by atoms with Crippen LogP contribution in [0.3, 0.4) is 0 Å². The molecule has 3 heterocycles. The first-order chi connectivity index (χ1) is 18.1. The van der Waals surface area contributed by atoms with E-state index in [1.807, 2.05) is 30.3 Å². The highest BCUT2D eigenvalue weighted by Crippen LogP contribution is 2.38. The number of rotatable bonds is 5. The second kappa shape index (κ2) is 10.2. The number of carbonyl (C=O) groups is 1. The predicted octanol–water partition coefficient (Wildman–Crippen LogP) is 5.87. The molecule has 3 aliphatic rings. The first-order valence-electron chi connectivity index (χ1n) is 13.7. The van der Waals surface area contributed by atoms with E-state index in [9.17, 15) is 4.79 Å². The van der Waals surface area contributed by atoms with Crippen molar-refractivity contribution < 1.29 is 9.53 Å². The average Bonchev–Trinajstić information content (AvgIpc) is 2.89. The zero-order valence-corrected chi connectivity index (χ0v) is 21.8. The number of fused-ring (bicyclic) bond motifs is 4. The molecule has 1 aromatic heterocycles. The van der Waals surface area contributed by atoms with Gasteiger partial charge in [-0.1, -0.05) is 18.6 Å². The maximum Gasteiger partial charge on any atom is 0.319 e. The van der Waals surface area contributed by atoms with Gasteiger partial charge in [0.2, 0.25) is 0 Å². The molecule has 7 heteroatoms. The standard InChI is InChI=1S/C30H37N5O2/c1-35-23-8-5-9-24(35)18-22(17-23)32-30(36)31-21-13-14-25-20(16-21)12-15-28(33-25)34-26-10-3-6-19-7-4-11-27(37-2)29(19)26/h4,7,11-16,22-24,26H,3,5-6,8-10,17-18H2,1-2H3,(H,33,34)(H2,31,32,36). The van der Waals surface area contributed by atoms with Crippen LogP contribution in [0.15, 0.2) is 48.5 Å². The molecule has 1 aliphatic carbocycles. The molecule has 6 rings (SSSR count). The first kappa shape index (κ1) is 24.0. The number of nitrogens with zero attached hydrogens (tertiary/aromatic N) is 2. The number of carbonyl (C=O) groups excluding carboxylic acids is 1. The molecule has 3 unspecified atom stereocenters. The molecule has 7 nitrogen and oxygen atoms in total. The van der Waals surface area contributed by atoms with Gasteiger partial charge < -0.3 is 25.6 Å². The number of hydrogen-bond donors (Lipinski definition) is 3. The summed E-state index contributed by atoms with van der Waals surface area (Å²) in [5.74, 6) is 1.79. The van der Waals surface area contributed by atoms with E-state index in [1.54, 1.807) is 7.11 Å². The number of hydrogen-bond acceptors (Lipinski definition) is 5. The average molecular weight is 500 g/mol. The van der Waals surface area contributed by atoms with E-state index in [4.69, 9.17) is 9.72 Å². The van der Waals surface area contributed by atoms with Gasteiger partial charge in [-0.3, -0.25) is 0 Å². The Bertz CT molecular complexity index is 1270. The van der Waals surface area contributed by atoms with Crippen molar-refractivity contribution in [2.45, 2.75) is 75.5 Å². The summed E-state index contributed by atoms with van der Waals surface area (Å²) in [6.45, 7) is 0. The highest BCUT2D eigenvalue weighted by atomic mass is 16.5. The lowest BCUT2D eigenvalue weighted by atomic mass is 9.82. The van der Waals surface area contributed by atoms with Crippen molar-refractivity contribution in [1.29, 1.82) is 0 Å². The number of pyridine rings is 1. The molecule has 37 heavy (non-hydrogen) atoms. The molecule has 3 aromatic rings. The van der Waals surface area contributed by atoms with Crippen molar-refractivity contribution in [1.82, 2.24) is 15.2 Å². The van der Waals surface area contributed by atoms with Crippen molar-refractivity contribution in [2.24, 2.45) is 0 Å². The minimum Gasteiger partial charge on any atom is -0.496 e. The minimum absolute atomic E-state index is 0.122. The number of nitrogens with one attached hydrogen (secondary N) is 3. The minimum atomic E-state index is -0.122. The van der Waals surface area contributed by atoms with Gasteiger partial charge in [-0.25, -0.2) is 9.78 Å². The Morgan fingerprint density at radius 3 is 2.68 bits per heavy atom. The number of amides is 2. The zero-order valence-electron chi connectivity index (χ0n) is 21.8. The summed E-state index contributed by atoms with van der Waals surface area (Å²) in [7, 11) is 3.97. The van der Waals surface area contributed by atoms with E-state index in [1.165, 1.54) is 30.4 Å². The number of urea groups is 1. The number of aryl methyl sites for hydroxylation is 1. The summed E-state index contributed by atoms with van der Waals surface area (Å²) in [5, 5.41) is 10.9. The molecule has 2 aliphatic heterocycles. The smallest absolute Gasteiger partial charge is 0.319 e. The van der Waals surface area contributed by atoms with Gasteiger partial charge in [-0.2, -0.15) is 0 Å². The molecule has 0 saturated carbocycles. The van der Waals surface area contributed by atoms with Crippen LogP contribution in [-0.4, -0.2) is 48.2 Å². The maximum absolute atomic E-state index is 12.8. The third-order valence-electron chi connectivity index (χ3n) is 8.61. The molecule has 3 N–H and O–H groups in total. The largest absolute Gasteiger partial charge is 0.496 e. The van der Waals surface area contributed by atoms with Gasteiger partial charge in [0.1, 0.15) is 11.6 Å². The fourth-order valence-electron chi connectivity index (χ4n) is 6.71. The Morgan fingerprint density at radius 1 is 1.03 bits per heavy atom. The van der Waals surface area contributed by atoms with E-state index in [0.29, 0.717) is 12.1 Å². The highest BCUT2D eigenvalue weighted by Gasteiger charge is 2.36. The van der Waals surface area contributed by atoms with Crippen LogP contribution in [0.25, 0.3) is 10.9 Å². The van der Waals surface area contributed by atoms with Crippen LogP contribution in [0.1, 0.15) is 62.1 Å². The Balaban J connectivity index is 1.12. The quantitative estimate of drug-likeness (QED) is 0.409. The molecule has 194 valence electrons. The lowest BCUT2D eigenvalue weighted by Crippen LogP contribution is -2.55. The van der Waals surface area contributed by atoms with E-state index in [-0.39, 0.29) is 18.1 Å². The molecule has 2 bridgehead atoms. The van der Waals surface area contributed by atoms with Gasteiger partial charge in [0, 0.05) is 34.8 Å². The summed E-state index contributed by atoms with van der Waals surface area (Å²) in [6, 6.07) is 17.8. The molecule has 0 radical (unpaired) electrons. The Hall–Kier alpha value is -3.32. The zero-order chi connectivity index (χ0) is 25.4. The molecule has 2 aromatic carbocycles. The van der Waals surface area contributed by atoms with Crippen molar-refractivity contribution in [2.75, 3.05) is 24.8 Å². The van der Waals surface area contributed by atoms with Crippen molar-refractivity contribution in [3.63, 3.8) is 0 Å². The highest BCUT2D eigenvalue weighted by molar-refractivity contribution is 5.93. The molecular formula is C30H37N5O2. The third kappa shape index (κ3) is 4.97. The summed E-state index contributed by atoms with van der Waals surface area (Å²) in [6.07, 6.45) is 9.13. The van der Waals surface area contributed by atoms with Crippen LogP contribution in [0.2, 0.25) is 0 Å². The molecule has 2 amide bonds. The van der Waals surface area contributed by atoms with Crippen LogP contribution < -0.4 is 20.7 Å². The molecule has 0 spiro atoms. The van der Waals surface area contributed by atoms with Gasteiger partial charge in [-0.15, -0.1) is 0 Å². The topological polar surface area (TPSA) is 78.5 Å². The summed E-state index contributed by atoms with van der Waals surface area (Å²) in [5.41, 5.74) is 4.28. The van der Waals surface area contributed by atoms with E-state index >= 15 is 0 Å². The lowest BCUT2D eigenvalue weighted by Gasteiger charge is -2.47. The number of methoxy groups -OCH3 is 1. The second-order valence-electron chi connectivity index (χ2n) is 10.9.